The van der Waals surface area contributed by atoms with Crippen LogP contribution in [0.3, 0.4) is 0 Å². The van der Waals surface area contributed by atoms with Crippen molar-refractivity contribution in [2.45, 2.75) is 44.4 Å². The van der Waals surface area contributed by atoms with Crippen LogP contribution >= 0.6 is 0 Å². The molecule has 1 N–H and O–H groups in total. The number of aromatic nitrogens is 4. The molecule has 0 spiro atoms. The largest absolute Gasteiger partial charge is 0.474 e. The maximum absolute atomic E-state index is 12.1. The van der Waals surface area contributed by atoms with Crippen LogP contribution in [0.4, 0.5) is 11.8 Å². The first kappa shape index (κ1) is 25.4. The van der Waals surface area contributed by atoms with Crippen LogP contribution in [0, 0.1) is 0 Å². The van der Waals surface area contributed by atoms with E-state index in [1.807, 2.05) is 22.9 Å². The smallest absolute Gasteiger partial charge is 0.241 e. The molecule has 4 aromatic rings. The predicted molar refractivity (Wildman–Crippen MR) is 151 cm³/mol. The van der Waals surface area contributed by atoms with E-state index < -0.39 is 0 Å². The summed E-state index contributed by atoms with van der Waals surface area (Å²) in [5, 5.41) is 5.71. The molecule has 1 aliphatic heterocycles. The lowest BCUT2D eigenvalue weighted by molar-refractivity contribution is -0.129. The number of anilines is 2. The van der Waals surface area contributed by atoms with E-state index in [0.717, 1.165) is 85.5 Å². The lowest BCUT2D eigenvalue weighted by atomic mass is 9.93. The second kappa shape index (κ2) is 11.1. The number of amides is 1. The molecule has 0 radical (unpaired) electrons. The first-order chi connectivity index (χ1) is 19.0. The van der Waals surface area contributed by atoms with Crippen molar-refractivity contribution in [2.24, 2.45) is 0 Å². The zero-order valence-electron chi connectivity index (χ0n) is 22.5. The monoisotopic (exact) mass is 529 g/mol. The maximum Gasteiger partial charge on any atom is 0.241 e. The summed E-state index contributed by atoms with van der Waals surface area (Å²) in [6.07, 6.45) is 7.59. The van der Waals surface area contributed by atoms with Crippen LogP contribution in [-0.2, 0) is 16.1 Å². The van der Waals surface area contributed by atoms with Crippen LogP contribution in [0.15, 0.2) is 48.8 Å². The van der Waals surface area contributed by atoms with Crippen LogP contribution in [0.1, 0.15) is 25.7 Å². The highest BCUT2D eigenvalue weighted by Gasteiger charge is 2.25. The number of likely N-dealkylation sites (N-methyl/N-ethyl adjacent to an activating group) is 1. The fraction of sp³-hybridized carbons (Fsp3) is 0.448. The molecule has 204 valence electrons. The molecule has 1 aromatic carbocycles. The summed E-state index contributed by atoms with van der Waals surface area (Å²) in [6.45, 7) is 3.40. The number of carbonyl (C=O) groups excluding carboxylic acids is 1. The van der Waals surface area contributed by atoms with Gasteiger partial charge < -0.3 is 29.2 Å². The maximum atomic E-state index is 12.1. The fourth-order valence-electron chi connectivity index (χ4n) is 5.33. The summed E-state index contributed by atoms with van der Waals surface area (Å²) in [4.78, 5) is 30.2. The van der Waals surface area contributed by atoms with E-state index in [-0.39, 0.29) is 24.6 Å². The molecule has 2 fully saturated rings. The van der Waals surface area contributed by atoms with Gasteiger partial charge in [-0.1, -0.05) is 18.2 Å². The van der Waals surface area contributed by atoms with E-state index in [1.165, 1.54) is 0 Å². The van der Waals surface area contributed by atoms with Gasteiger partial charge in [0, 0.05) is 44.8 Å². The molecular formula is C29H35N7O3. The second-order valence-corrected chi connectivity index (χ2v) is 10.5. The van der Waals surface area contributed by atoms with E-state index in [9.17, 15) is 4.79 Å². The third kappa shape index (κ3) is 5.61. The van der Waals surface area contributed by atoms with Crippen molar-refractivity contribution in [1.82, 2.24) is 24.4 Å². The lowest BCUT2D eigenvalue weighted by Crippen LogP contribution is -2.37. The number of rotatable bonds is 7. The predicted octanol–water partition coefficient (Wildman–Crippen LogP) is 3.71. The van der Waals surface area contributed by atoms with Crippen LogP contribution in [0.25, 0.3) is 21.8 Å². The third-order valence-corrected chi connectivity index (χ3v) is 7.64. The number of morpholine rings is 1. The van der Waals surface area contributed by atoms with Crippen LogP contribution in [-0.4, -0.2) is 82.9 Å². The van der Waals surface area contributed by atoms with Gasteiger partial charge in [0.2, 0.25) is 17.7 Å². The molecule has 1 saturated carbocycles. The minimum absolute atomic E-state index is 0.0321. The van der Waals surface area contributed by atoms with Gasteiger partial charge in [0.15, 0.2) is 0 Å². The highest BCUT2D eigenvalue weighted by Crippen LogP contribution is 2.32. The van der Waals surface area contributed by atoms with Crippen LogP contribution in [0.2, 0.25) is 0 Å². The summed E-state index contributed by atoms with van der Waals surface area (Å²) < 4.78 is 14.0. The number of hydrogen-bond donors (Lipinski definition) is 1. The van der Waals surface area contributed by atoms with Gasteiger partial charge in [-0.2, -0.15) is 4.98 Å². The standard InChI is InChI=1S/C29H35N7O3/c1-34(2)27(37)19-36-12-11-24-25(36)18-30-29(32-24)31-21-7-9-22(10-8-21)39-28-23-6-4-3-5-20(23)17-26(33-28)35-13-15-38-16-14-35/h3-6,11-12,17-18,21-22H,7-10,13-16,19H2,1-2H3,(H,30,31,32). The van der Waals surface area contributed by atoms with E-state index in [0.29, 0.717) is 5.95 Å². The Kier molecular flexibility index (Phi) is 7.19. The van der Waals surface area contributed by atoms with Crippen molar-refractivity contribution in [3.63, 3.8) is 0 Å². The van der Waals surface area contributed by atoms with Gasteiger partial charge >= 0.3 is 0 Å². The summed E-state index contributed by atoms with van der Waals surface area (Å²) in [6, 6.07) is 12.7. The number of hydrogen-bond acceptors (Lipinski definition) is 8. The van der Waals surface area contributed by atoms with E-state index in [1.54, 1.807) is 25.2 Å². The molecule has 0 atom stereocenters. The number of ether oxygens (including phenoxy) is 2. The van der Waals surface area contributed by atoms with Gasteiger partial charge in [0.1, 0.15) is 18.5 Å². The first-order valence-electron chi connectivity index (χ1n) is 13.7. The molecule has 1 saturated heterocycles. The summed E-state index contributed by atoms with van der Waals surface area (Å²) in [5.74, 6) is 2.32. The normalized spacial score (nSPS) is 19.8. The quantitative estimate of drug-likeness (QED) is 0.387. The Morgan fingerprint density at radius 3 is 2.69 bits per heavy atom. The fourth-order valence-corrected chi connectivity index (χ4v) is 5.33. The minimum Gasteiger partial charge on any atom is -0.474 e. The Morgan fingerprint density at radius 2 is 1.90 bits per heavy atom. The van der Waals surface area contributed by atoms with Gasteiger partial charge in [-0.3, -0.25) is 4.79 Å². The number of pyridine rings is 1. The van der Waals surface area contributed by atoms with Crippen molar-refractivity contribution in [3.8, 4) is 5.88 Å². The van der Waals surface area contributed by atoms with Crippen molar-refractivity contribution in [3.05, 3.63) is 48.8 Å². The molecule has 10 nitrogen and oxygen atoms in total. The molecule has 0 unspecified atom stereocenters. The highest BCUT2D eigenvalue weighted by molar-refractivity contribution is 5.89. The Hall–Kier alpha value is -3.92. The molecule has 6 rings (SSSR count). The zero-order chi connectivity index (χ0) is 26.8. The van der Waals surface area contributed by atoms with Crippen LogP contribution < -0.4 is 15.0 Å². The summed E-state index contributed by atoms with van der Waals surface area (Å²) >= 11 is 0. The molecule has 2 aliphatic rings. The van der Waals surface area contributed by atoms with E-state index in [4.69, 9.17) is 19.4 Å². The molecule has 4 heterocycles. The van der Waals surface area contributed by atoms with E-state index in [2.05, 4.69) is 39.5 Å². The van der Waals surface area contributed by atoms with E-state index >= 15 is 0 Å². The number of nitrogens with one attached hydrogen (secondary N) is 1. The van der Waals surface area contributed by atoms with Crippen molar-refractivity contribution >= 4 is 39.5 Å². The SMILES string of the molecule is CN(C)C(=O)Cn1ccc2nc(NC3CCC(Oc4nc(N5CCOCC5)cc5ccccc45)CC3)ncc21. The van der Waals surface area contributed by atoms with Gasteiger partial charge in [-0.05, 0) is 49.3 Å². The number of fused-ring (bicyclic) bond motifs is 2. The van der Waals surface area contributed by atoms with Gasteiger partial charge in [-0.25, -0.2) is 9.97 Å². The van der Waals surface area contributed by atoms with Gasteiger partial charge in [0.25, 0.3) is 0 Å². The zero-order valence-corrected chi connectivity index (χ0v) is 22.5. The molecular weight excluding hydrogens is 494 g/mol. The third-order valence-electron chi connectivity index (χ3n) is 7.64. The van der Waals surface area contributed by atoms with Gasteiger partial charge in [0.05, 0.1) is 30.4 Å². The molecule has 0 bridgehead atoms. The molecule has 1 amide bonds. The first-order valence-corrected chi connectivity index (χ1v) is 13.7. The molecule has 39 heavy (non-hydrogen) atoms. The van der Waals surface area contributed by atoms with Crippen molar-refractivity contribution < 1.29 is 14.3 Å². The Balaban J connectivity index is 1.09. The second-order valence-electron chi connectivity index (χ2n) is 10.5. The number of benzene rings is 1. The summed E-state index contributed by atoms with van der Waals surface area (Å²) in [7, 11) is 3.52. The highest BCUT2D eigenvalue weighted by atomic mass is 16.5. The van der Waals surface area contributed by atoms with Gasteiger partial charge in [-0.15, -0.1) is 0 Å². The summed E-state index contributed by atoms with van der Waals surface area (Å²) in [5.41, 5.74) is 1.68. The van der Waals surface area contributed by atoms with Crippen molar-refractivity contribution in [2.75, 3.05) is 50.6 Å². The Bertz CT molecular complexity index is 1460. The number of carbonyl (C=O) groups is 1. The Labute approximate surface area is 227 Å². The lowest BCUT2D eigenvalue weighted by Gasteiger charge is -2.31. The van der Waals surface area contributed by atoms with Crippen molar-refractivity contribution in [1.29, 1.82) is 0 Å². The topological polar surface area (TPSA) is 97.6 Å². The average Bonchev–Trinajstić information content (AvgIpc) is 3.36. The Morgan fingerprint density at radius 1 is 1.10 bits per heavy atom. The number of nitrogens with zero attached hydrogens (tertiary/aromatic N) is 6. The average molecular weight is 530 g/mol. The molecule has 1 aliphatic carbocycles. The molecule has 3 aromatic heterocycles. The molecule has 10 heteroatoms. The van der Waals surface area contributed by atoms with Crippen LogP contribution in [0.5, 0.6) is 5.88 Å². The minimum atomic E-state index is 0.0321.